The van der Waals surface area contributed by atoms with Crippen LogP contribution in [0.15, 0.2) is 54.7 Å². The van der Waals surface area contributed by atoms with Crippen LogP contribution in [0.4, 0.5) is 0 Å². The highest BCUT2D eigenvalue weighted by molar-refractivity contribution is 5.85. The maximum absolute atomic E-state index is 13.1. The number of hydrogen-bond acceptors (Lipinski definition) is 8. The highest BCUT2D eigenvalue weighted by atomic mass is 16.5. The lowest BCUT2D eigenvalue weighted by Gasteiger charge is -2.40. The van der Waals surface area contributed by atoms with Gasteiger partial charge in [0.25, 0.3) is 0 Å². The van der Waals surface area contributed by atoms with E-state index in [1.165, 1.54) is 5.56 Å². The Kier molecular flexibility index (Phi) is 10.4. The number of nitrogens with zero attached hydrogens (tertiary/aromatic N) is 3. The third-order valence-corrected chi connectivity index (χ3v) is 9.11. The van der Waals surface area contributed by atoms with Crippen LogP contribution in [0.25, 0.3) is 10.9 Å². The molecule has 0 radical (unpaired) electrons. The Morgan fingerprint density at radius 1 is 1.10 bits per heavy atom. The van der Waals surface area contributed by atoms with Gasteiger partial charge in [-0.2, -0.15) is 0 Å². The molecule has 1 aromatic heterocycles. The number of benzene rings is 2. The molecule has 0 bridgehead atoms. The summed E-state index contributed by atoms with van der Waals surface area (Å²) >= 11 is 0. The summed E-state index contributed by atoms with van der Waals surface area (Å²) in [6.07, 6.45) is 5.32. The highest BCUT2D eigenvalue weighted by Gasteiger charge is 2.41. The van der Waals surface area contributed by atoms with Crippen LogP contribution >= 0.6 is 0 Å². The van der Waals surface area contributed by atoms with Crippen LogP contribution in [0.1, 0.15) is 54.9 Å². The standard InChI is InChI=1S/C33H44N4O5/c1-41-27-9-10-29-28(22-27)31(26(23-34-29)24-37-18-20-42-21-19-37)30(38)11-12-33(32(39)35-40)13-16-36(17-14-33)15-5-8-25-6-3-2-4-7-25/h2-4,6-7,9-10,22-23,30,38,40H,5,8,11-21,24H2,1H3,(H,35,39). The summed E-state index contributed by atoms with van der Waals surface area (Å²) in [7, 11) is 1.63. The first-order chi connectivity index (χ1) is 20.5. The normalized spacial score (nSPS) is 18.5. The number of aromatic nitrogens is 1. The molecule has 1 unspecified atom stereocenters. The van der Waals surface area contributed by atoms with E-state index >= 15 is 0 Å². The molecule has 1 atom stereocenters. The number of piperidine rings is 1. The first-order valence-corrected chi connectivity index (χ1v) is 15.2. The number of fused-ring (bicyclic) bond motifs is 1. The lowest BCUT2D eigenvalue weighted by atomic mass is 9.73. The monoisotopic (exact) mass is 576 g/mol. The van der Waals surface area contributed by atoms with Gasteiger partial charge in [-0.1, -0.05) is 30.3 Å². The summed E-state index contributed by atoms with van der Waals surface area (Å²) in [5.74, 6) is 0.352. The zero-order chi connectivity index (χ0) is 29.4. The van der Waals surface area contributed by atoms with E-state index in [2.05, 4.69) is 34.1 Å². The number of carbonyl (C=O) groups is 1. The molecule has 3 aromatic rings. The summed E-state index contributed by atoms with van der Waals surface area (Å²) in [4.78, 5) is 22.5. The number of likely N-dealkylation sites (tertiary alicyclic amines) is 1. The Bertz CT molecular complexity index is 1310. The predicted molar refractivity (Wildman–Crippen MR) is 161 cm³/mol. The summed E-state index contributed by atoms with van der Waals surface area (Å²) in [5, 5.41) is 22.3. The molecule has 5 rings (SSSR count). The number of morpholine rings is 1. The second-order valence-electron chi connectivity index (χ2n) is 11.7. The number of aryl methyl sites for hydroxylation is 1. The van der Waals surface area contributed by atoms with Crippen molar-refractivity contribution in [2.45, 2.75) is 51.2 Å². The van der Waals surface area contributed by atoms with Crippen LogP contribution in [-0.4, -0.2) is 84.1 Å². The zero-order valence-corrected chi connectivity index (χ0v) is 24.6. The van der Waals surface area contributed by atoms with Crippen LogP contribution in [0.3, 0.4) is 0 Å². The molecular weight excluding hydrogens is 532 g/mol. The Hall–Kier alpha value is -3.08. The van der Waals surface area contributed by atoms with E-state index in [1.54, 1.807) is 7.11 Å². The molecule has 226 valence electrons. The molecule has 2 saturated heterocycles. The van der Waals surface area contributed by atoms with Crippen LogP contribution in [-0.2, 0) is 22.5 Å². The van der Waals surface area contributed by atoms with Gasteiger partial charge in [-0.3, -0.25) is 19.9 Å². The molecule has 9 heteroatoms. The van der Waals surface area contributed by atoms with E-state index in [4.69, 9.17) is 14.5 Å². The first kappa shape index (κ1) is 30.4. The Balaban J connectivity index is 1.29. The van der Waals surface area contributed by atoms with Gasteiger partial charge in [0, 0.05) is 31.2 Å². The van der Waals surface area contributed by atoms with Gasteiger partial charge in [0.05, 0.1) is 37.4 Å². The molecule has 3 N–H and O–H groups in total. The van der Waals surface area contributed by atoms with E-state index in [1.807, 2.05) is 35.9 Å². The number of carbonyl (C=O) groups excluding carboxylic acids is 1. The maximum atomic E-state index is 13.1. The maximum Gasteiger partial charge on any atom is 0.249 e. The van der Waals surface area contributed by atoms with Crippen molar-refractivity contribution in [1.82, 2.24) is 20.3 Å². The van der Waals surface area contributed by atoms with Crippen LogP contribution in [0.5, 0.6) is 5.75 Å². The Morgan fingerprint density at radius 3 is 2.57 bits per heavy atom. The molecule has 0 spiro atoms. The van der Waals surface area contributed by atoms with Gasteiger partial charge >= 0.3 is 0 Å². The minimum Gasteiger partial charge on any atom is -0.497 e. The smallest absolute Gasteiger partial charge is 0.249 e. The number of aliphatic hydroxyl groups is 1. The fraction of sp³-hybridized carbons (Fsp3) is 0.515. The quantitative estimate of drug-likeness (QED) is 0.219. The fourth-order valence-corrected chi connectivity index (χ4v) is 6.50. The van der Waals surface area contributed by atoms with Gasteiger partial charge in [-0.05, 0) is 93.0 Å². The number of aliphatic hydroxyl groups excluding tert-OH is 1. The summed E-state index contributed by atoms with van der Waals surface area (Å²) in [5.41, 5.74) is 5.16. The fourth-order valence-electron chi connectivity index (χ4n) is 6.50. The van der Waals surface area contributed by atoms with Gasteiger partial charge in [-0.15, -0.1) is 0 Å². The van der Waals surface area contributed by atoms with E-state index in [-0.39, 0.29) is 5.91 Å². The number of hydrogen-bond donors (Lipinski definition) is 3. The minimum absolute atomic E-state index is 0.353. The second-order valence-corrected chi connectivity index (χ2v) is 11.7. The van der Waals surface area contributed by atoms with Crippen molar-refractivity contribution < 1.29 is 24.6 Å². The van der Waals surface area contributed by atoms with Crippen molar-refractivity contribution in [3.05, 3.63) is 71.4 Å². The largest absolute Gasteiger partial charge is 0.497 e. The number of nitrogens with one attached hydrogen (secondary N) is 1. The molecule has 2 aromatic carbocycles. The van der Waals surface area contributed by atoms with Crippen molar-refractivity contribution in [2.75, 3.05) is 53.0 Å². The highest BCUT2D eigenvalue weighted by Crippen LogP contribution is 2.40. The van der Waals surface area contributed by atoms with E-state index < -0.39 is 11.5 Å². The number of rotatable bonds is 12. The van der Waals surface area contributed by atoms with Gasteiger partial charge in [-0.25, -0.2) is 5.48 Å². The predicted octanol–water partition coefficient (Wildman–Crippen LogP) is 4.11. The molecule has 9 nitrogen and oxygen atoms in total. The third-order valence-electron chi connectivity index (χ3n) is 9.11. The SMILES string of the molecule is COc1ccc2ncc(CN3CCOCC3)c(C(O)CCC3(C(=O)NO)CCN(CCCc4ccccc4)CC3)c2c1. The van der Waals surface area contributed by atoms with Crippen LogP contribution < -0.4 is 10.2 Å². The molecule has 3 heterocycles. The Labute approximate surface area is 248 Å². The molecule has 2 aliphatic heterocycles. The molecule has 2 aliphatic rings. The van der Waals surface area contributed by atoms with Crippen molar-refractivity contribution >= 4 is 16.8 Å². The number of pyridine rings is 1. The average Bonchev–Trinajstić information content (AvgIpc) is 3.04. The molecule has 2 fully saturated rings. The lowest BCUT2D eigenvalue weighted by molar-refractivity contribution is -0.143. The van der Waals surface area contributed by atoms with Gasteiger partial charge in [0.1, 0.15) is 5.75 Å². The molecular formula is C33H44N4O5. The van der Waals surface area contributed by atoms with E-state index in [0.29, 0.717) is 51.2 Å². The summed E-state index contributed by atoms with van der Waals surface area (Å²) < 4.78 is 11.0. The molecule has 0 saturated carbocycles. The van der Waals surface area contributed by atoms with Crippen molar-refractivity contribution in [3.8, 4) is 5.75 Å². The number of amides is 1. The molecule has 1 amide bonds. The molecule has 0 aliphatic carbocycles. The third kappa shape index (κ3) is 7.27. The van der Waals surface area contributed by atoms with Crippen molar-refractivity contribution in [2.24, 2.45) is 5.41 Å². The average molecular weight is 577 g/mol. The van der Waals surface area contributed by atoms with Gasteiger partial charge in [0.15, 0.2) is 0 Å². The minimum atomic E-state index is -0.800. The lowest BCUT2D eigenvalue weighted by Crippen LogP contribution is -2.48. The van der Waals surface area contributed by atoms with E-state index in [0.717, 1.165) is 67.6 Å². The summed E-state index contributed by atoms with van der Waals surface area (Å²) in [6.45, 7) is 6.25. The van der Waals surface area contributed by atoms with Gasteiger partial charge < -0.3 is 19.5 Å². The number of methoxy groups -OCH3 is 1. The second kappa shape index (κ2) is 14.4. The zero-order valence-electron chi connectivity index (χ0n) is 24.6. The summed E-state index contributed by atoms with van der Waals surface area (Å²) in [6, 6.07) is 16.2. The van der Waals surface area contributed by atoms with Gasteiger partial charge in [0.2, 0.25) is 5.91 Å². The van der Waals surface area contributed by atoms with Crippen LogP contribution in [0, 0.1) is 5.41 Å². The first-order valence-electron chi connectivity index (χ1n) is 15.2. The Morgan fingerprint density at radius 2 is 1.86 bits per heavy atom. The number of hydroxylamine groups is 1. The van der Waals surface area contributed by atoms with Crippen molar-refractivity contribution in [3.63, 3.8) is 0 Å². The van der Waals surface area contributed by atoms with Crippen LogP contribution in [0.2, 0.25) is 0 Å². The van der Waals surface area contributed by atoms with Crippen molar-refractivity contribution in [1.29, 1.82) is 0 Å². The number of ether oxygens (including phenoxy) is 2. The van der Waals surface area contributed by atoms with E-state index in [9.17, 15) is 15.1 Å². The molecule has 42 heavy (non-hydrogen) atoms. The topological polar surface area (TPSA) is 107 Å².